The van der Waals surface area contributed by atoms with Crippen LogP contribution in [-0.4, -0.2) is 11.6 Å². The molecule has 35 heavy (non-hydrogen) atoms. The minimum absolute atomic E-state index is 0.165. The second-order valence-electron chi connectivity index (χ2n) is 8.91. The molecule has 0 amide bonds. The van der Waals surface area contributed by atoms with Crippen LogP contribution < -0.4 is 4.90 Å². The second kappa shape index (κ2) is 7.62. The maximum atomic E-state index is 12.8. The summed E-state index contributed by atoms with van der Waals surface area (Å²) in [6.07, 6.45) is 6.55. The molecule has 0 saturated heterocycles. The van der Waals surface area contributed by atoms with Gasteiger partial charge in [0.1, 0.15) is 0 Å². The predicted octanol–water partition coefficient (Wildman–Crippen LogP) is 7.75. The lowest BCUT2D eigenvalue weighted by molar-refractivity contribution is 0.0988. The first kappa shape index (κ1) is 20.1. The lowest BCUT2D eigenvalue weighted by atomic mass is 9.95. The Morgan fingerprint density at radius 3 is 1.71 bits per heavy atom. The Bertz CT molecular complexity index is 1570. The van der Waals surface area contributed by atoms with E-state index in [0.717, 1.165) is 22.6 Å². The van der Waals surface area contributed by atoms with E-state index in [-0.39, 0.29) is 17.1 Å². The van der Waals surface area contributed by atoms with Crippen molar-refractivity contribution >= 4 is 34.3 Å². The number of thiophene rings is 1. The zero-order valence-electron chi connectivity index (χ0n) is 18.7. The molecule has 1 aliphatic heterocycles. The van der Waals surface area contributed by atoms with E-state index in [1.807, 2.05) is 6.08 Å². The summed E-state index contributed by atoms with van der Waals surface area (Å²) in [7, 11) is 0. The number of ketones is 2. The van der Waals surface area contributed by atoms with E-state index in [1.165, 1.54) is 33.6 Å². The van der Waals surface area contributed by atoms with Crippen molar-refractivity contribution in [2.45, 2.75) is 6.42 Å². The molecule has 0 atom stereocenters. The highest BCUT2D eigenvalue weighted by molar-refractivity contribution is 7.08. The average Bonchev–Trinajstić information content (AvgIpc) is 3.60. The normalized spacial score (nSPS) is 15.7. The first-order valence-electron chi connectivity index (χ1n) is 11.6. The monoisotopic (exact) mass is 469 g/mol. The Morgan fingerprint density at radius 2 is 1.14 bits per heavy atom. The highest BCUT2D eigenvalue weighted by Crippen LogP contribution is 2.50. The summed E-state index contributed by atoms with van der Waals surface area (Å²) < 4.78 is 0. The fraction of sp³-hybridized carbons (Fsp3) is 0.0323. The molecule has 0 fully saturated rings. The zero-order chi connectivity index (χ0) is 23.5. The van der Waals surface area contributed by atoms with Gasteiger partial charge in [-0.2, -0.15) is 11.3 Å². The van der Waals surface area contributed by atoms with Crippen LogP contribution in [0.5, 0.6) is 0 Å². The van der Waals surface area contributed by atoms with Crippen LogP contribution in [0.1, 0.15) is 27.1 Å². The molecule has 0 unspecified atom stereocenters. The summed E-state index contributed by atoms with van der Waals surface area (Å²) in [4.78, 5) is 27.9. The molecule has 2 aliphatic carbocycles. The molecule has 0 N–H and O–H groups in total. The number of rotatable bonds is 2. The van der Waals surface area contributed by atoms with Crippen molar-refractivity contribution in [2.75, 3.05) is 4.90 Å². The van der Waals surface area contributed by atoms with Gasteiger partial charge in [0.15, 0.2) is 11.6 Å². The molecule has 0 saturated carbocycles. The molecule has 0 bridgehead atoms. The van der Waals surface area contributed by atoms with Gasteiger partial charge >= 0.3 is 0 Å². The van der Waals surface area contributed by atoms with Crippen molar-refractivity contribution < 1.29 is 9.59 Å². The zero-order valence-corrected chi connectivity index (χ0v) is 19.5. The molecule has 3 aliphatic rings. The Morgan fingerprint density at radius 1 is 0.629 bits per heavy atom. The van der Waals surface area contributed by atoms with Gasteiger partial charge in [-0.3, -0.25) is 9.59 Å². The van der Waals surface area contributed by atoms with Crippen LogP contribution in [0.2, 0.25) is 0 Å². The number of carbonyl (C=O) groups is 2. The van der Waals surface area contributed by atoms with Gasteiger partial charge in [0.2, 0.25) is 0 Å². The number of carbonyl (C=O) groups excluding carboxylic acids is 2. The van der Waals surface area contributed by atoms with E-state index in [4.69, 9.17) is 0 Å². The fourth-order valence-electron chi connectivity index (χ4n) is 5.33. The van der Waals surface area contributed by atoms with E-state index >= 15 is 0 Å². The molecule has 7 rings (SSSR count). The van der Waals surface area contributed by atoms with Gasteiger partial charge in [-0.25, -0.2) is 0 Å². The number of nitrogens with zero attached hydrogens (tertiary/aromatic N) is 1. The van der Waals surface area contributed by atoms with Crippen molar-refractivity contribution in [3.8, 4) is 22.3 Å². The predicted molar refractivity (Wildman–Crippen MR) is 141 cm³/mol. The minimum Gasteiger partial charge on any atom is -0.313 e. The van der Waals surface area contributed by atoms with Crippen molar-refractivity contribution in [2.24, 2.45) is 0 Å². The van der Waals surface area contributed by atoms with Gasteiger partial charge in [0.05, 0.1) is 16.9 Å². The average molecular weight is 470 g/mol. The maximum absolute atomic E-state index is 12.8. The van der Waals surface area contributed by atoms with Gasteiger partial charge in [0.25, 0.3) is 0 Å². The second-order valence-corrected chi connectivity index (χ2v) is 9.65. The number of hydrogen-bond acceptors (Lipinski definition) is 4. The molecular weight excluding hydrogens is 450 g/mol. The van der Waals surface area contributed by atoms with Crippen LogP contribution in [0, 0.1) is 0 Å². The van der Waals surface area contributed by atoms with Gasteiger partial charge in [-0.1, -0.05) is 66.7 Å². The van der Waals surface area contributed by atoms with E-state index in [1.54, 1.807) is 16.8 Å². The maximum Gasteiger partial charge on any atom is 0.198 e. The highest BCUT2D eigenvalue weighted by atomic mass is 32.1. The van der Waals surface area contributed by atoms with Gasteiger partial charge < -0.3 is 4.90 Å². The van der Waals surface area contributed by atoms with E-state index in [2.05, 4.69) is 83.8 Å². The van der Waals surface area contributed by atoms with E-state index < -0.39 is 0 Å². The summed E-state index contributed by atoms with van der Waals surface area (Å²) in [5.41, 5.74) is 10.4. The largest absolute Gasteiger partial charge is 0.313 e. The molecular formula is C31H19NO2S. The summed E-state index contributed by atoms with van der Waals surface area (Å²) >= 11 is 1.40. The summed E-state index contributed by atoms with van der Waals surface area (Å²) in [5.74, 6) is -0.331. The molecule has 4 aromatic rings. The molecule has 3 aromatic carbocycles. The quantitative estimate of drug-likeness (QED) is 0.222. The van der Waals surface area contributed by atoms with Crippen LogP contribution >= 0.6 is 11.3 Å². The number of para-hydroxylation sites is 2. The Labute approximate surface area is 207 Å². The highest BCUT2D eigenvalue weighted by Gasteiger charge is 2.34. The third-order valence-corrected chi connectivity index (χ3v) is 7.67. The van der Waals surface area contributed by atoms with Crippen molar-refractivity contribution in [1.82, 2.24) is 0 Å². The van der Waals surface area contributed by atoms with Gasteiger partial charge in [-0.05, 0) is 41.0 Å². The van der Waals surface area contributed by atoms with E-state index in [9.17, 15) is 9.59 Å². The SMILES string of the molecule is O=C1C(=CC2=CC=C(N3c4ccccc4-c4ccccc4-c4ccccc43)C2)C(=O)c2cscc21. The smallest absolute Gasteiger partial charge is 0.198 e. The van der Waals surface area contributed by atoms with Crippen LogP contribution in [0.25, 0.3) is 22.3 Å². The third-order valence-electron chi connectivity index (χ3n) is 6.93. The summed E-state index contributed by atoms with van der Waals surface area (Å²) in [5, 5.41) is 3.54. The third kappa shape index (κ3) is 2.97. The Kier molecular flexibility index (Phi) is 4.38. The Balaban J connectivity index is 1.31. The number of hydrogen-bond donors (Lipinski definition) is 0. The molecule has 0 spiro atoms. The van der Waals surface area contributed by atoms with Crippen LogP contribution in [0.4, 0.5) is 11.4 Å². The lowest BCUT2D eigenvalue weighted by Gasteiger charge is -2.28. The van der Waals surface area contributed by atoms with Crippen molar-refractivity contribution in [1.29, 1.82) is 0 Å². The number of benzene rings is 3. The van der Waals surface area contributed by atoms with Crippen molar-refractivity contribution in [3.63, 3.8) is 0 Å². The summed E-state index contributed by atoms with van der Waals surface area (Å²) in [6, 6.07) is 25.5. The number of anilines is 2. The van der Waals surface area contributed by atoms with Gasteiger partial charge in [0, 0.05) is 45.1 Å². The first-order chi connectivity index (χ1) is 17.2. The van der Waals surface area contributed by atoms with Gasteiger partial charge in [-0.15, -0.1) is 0 Å². The molecule has 3 nitrogen and oxygen atoms in total. The molecule has 4 heteroatoms. The summed E-state index contributed by atoms with van der Waals surface area (Å²) in [6.45, 7) is 0. The molecule has 166 valence electrons. The fourth-order valence-corrected chi connectivity index (χ4v) is 6.13. The lowest BCUT2D eigenvalue weighted by Crippen LogP contribution is -2.16. The standard InChI is InChI=1S/C31H19NO2S/c33-30-25(31(34)27-18-35-17-26(27)30)16-19-13-14-20(15-19)32-28-11-5-3-9-23(28)21-7-1-2-8-22(21)24-10-4-6-12-29(24)32/h1-14,16-18H,15H2. The molecule has 2 heterocycles. The Hall–Kier alpha value is -4.28. The number of fused-ring (bicyclic) bond motifs is 6. The first-order valence-corrected chi connectivity index (χ1v) is 12.5. The van der Waals surface area contributed by atoms with Crippen molar-refractivity contribution in [3.05, 3.63) is 130 Å². The molecule has 1 aromatic heterocycles. The van der Waals surface area contributed by atoms with Crippen LogP contribution in [-0.2, 0) is 0 Å². The van der Waals surface area contributed by atoms with E-state index in [0.29, 0.717) is 17.5 Å². The van der Waals surface area contributed by atoms with Crippen LogP contribution in [0.15, 0.2) is 119 Å². The van der Waals surface area contributed by atoms with Crippen LogP contribution in [0.3, 0.4) is 0 Å². The molecule has 0 radical (unpaired) electrons. The minimum atomic E-state index is -0.165. The number of Topliss-reactive ketones (excluding diaryl/α,β-unsaturated/α-hetero) is 2. The number of allylic oxidation sites excluding steroid dienone is 5. The topological polar surface area (TPSA) is 37.4 Å².